The second-order valence-corrected chi connectivity index (χ2v) is 7.67. The molecule has 0 spiro atoms. The van der Waals surface area contributed by atoms with Crippen LogP contribution in [0.15, 0.2) is 30.5 Å². The molecule has 1 amide bonds. The van der Waals surface area contributed by atoms with E-state index in [2.05, 4.69) is 20.4 Å². The minimum absolute atomic E-state index is 0.353. The molecule has 0 aliphatic carbocycles. The van der Waals surface area contributed by atoms with Gasteiger partial charge in [0, 0.05) is 0 Å². The monoisotopic (exact) mass is 453 g/mol. The maximum absolute atomic E-state index is 13.2. The molecule has 1 aromatic heterocycles. The summed E-state index contributed by atoms with van der Waals surface area (Å²) in [4.78, 5) is 10.1. The highest BCUT2D eigenvalue weighted by atomic mass is 35.5. The van der Waals surface area contributed by atoms with Gasteiger partial charge in [0.1, 0.15) is 18.5 Å². The molecule has 13 heteroatoms. The Bertz CT molecular complexity index is 870. The van der Waals surface area contributed by atoms with Crippen LogP contribution in [-0.4, -0.2) is 52.0 Å². The Balaban J connectivity index is 2.12. The number of carbonyl (C=O) groups excluding carboxylic acids is 1. The zero-order chi connectivity index (χ0) is 20.8. The lowest BCUT2D eigenvalue weighted by atomic mass is 10.0. The third-order valence-electron chi connectivity index (χ3n) is 3.83. The van der Waals surface area contributed by atoms with Crippen LogP contribution in [0.1, 0.15) is 30.3 Å². The van der Waals surface area contributed by atoms with E-state index < -0.39 is 46.5 Å². The van der Waals surface area contributed by atoms with Crippen molar-refractivity contribution in [2.45, 2.75) is 29.9 Å². The van der Waals surface area contributed by atoms with Crippen molar-refractivity contribution in [1.29, 1.82) is 0 Å². The van der Waals surface area contributed by atoms with Crippen molar-refractivity contribution < 1.29 is 22.7 Å². The molecular formula is C15H18Cl2FN5O4S. The van der Waals surface area contributed by atoms with Crippen molar-refractivity contribution in [1.82, 2.24) is 25.0 Å². The number of hydrogen-bond donors (Lipinski definition) is 4. The summed E-state index contributed by atoms with van der Waals surface area (Å²) >= 11 is 10.8. The summed E-state index contributed by atoms with van der Waals surface area (Å²) in [6.45, 7) is 0.602. The topological polar surface area (TPSA) is 126 Å². The Kier molecular flexibility index (Phi) is 8.13. The van der Waals surface area contributed by atoms with Gasteiger partial charge in [0.25, 0.3) is 5.91 Å². The first-order chi connectivity index (χ1) is 13.2. The Hall–Kier alpha value is -1.79. The number of carbonyl (C=O) groups is 1. The van der Waals surface area contributed by atoms with Gasteiger partial charge in [-0.25, -0.2) is 22.2 Å². The Morgan fingerprint density at radius 3 is 2.50 bits per heavy atom. The Morgan fingerprint density at radius 2 is 1.96 bits per heavy atom. The number of alkyl halides is 3. The summed E-state index contributed by atoms with van der Waals surface area (Å²) in [7, 11) is -2.77. The first kappa shape index (κ1) is 22.5. The number of benzene rings is 1. The maximum Gasteiger partial charge on any atom is 0.253 e. The molecule has 0 radical (unpaired) electrons. The smallest absolute Gasteiger partial charge is 0.253 e. The molecule has 0 aliphatic rings. The van der Waals surface area contributed by atoms with E-state index in [1.165, 1.54) is 16.8 Å². The zero-order valence-electron chi connectivity index (χ0n) is 14.5. The fraction of sp³-hybridized carbons (Fsp3) is 0.400. The lowest BCUT2D eigenvalue weighted by Crippen LogP contribution is -2.43. The fourth-order valence-electron chi connectivity index (χ4n) is 2.33. The maximum atomic E-state index is 13.2. The van der Waals surface area contributed by atoms with E-state index in [9.17, 15) is 22.7 Å². The quantitative estimate of drug-likeness (QED) is 0.327. The van der Waals surface area contributed by atoms with Gasteiger partial charge in [0.15, 0.2) is 4.84 Å². The van der Waals surface area contributed by atoms with Crippen molar-refractivity contribution in [2.75, 3.05) is 6.67 Å². The summed E-state index contributed by atoms with van der Waals surface area (Å²) in [5, 5.41) is 20.3. The Labute approximate surface area is 171 Å². The minimum atomic E-state index is -2.77. The van der Waals surface area contributed by atoms with Crippen LogP contribution in [0, 0.1) is 0 Å². The van der Waals surface area contributed by atoms with Crippen LogP contribution >= 0.6 is 23.2 Å². The average molecular weight is 454 g/mol. The van der Waals surface area contributed by atoms with Crippen LogP contribution in [0.25, 0.3) is 5.69 Å². The first-order valence-electron chi connectivity index (χ1n) is 7.98. The lowest BCUT2D eigenvalue weighted by molar-refractivity contribution is -0.121. The summed E-state index contributed by atoms with van der Waals surface area (Å²) in [5.41, 5.74) is 1.35. The average Bonchev–Trinajstić information content (AvgIpc) is 3.15. The molecule has 0 bridgehead atoms. The second kappa shape index (κ2) is 10.1. The number of thiol groups is 1. The predicted molar refractivity (Wildman–Crippen MR) is 102 cm³/mol. The molecule has 0 aliphatic heterocycles. The molecule has 1 unspecified atom stereocenters. The molecule has 3 N–H and O–H groups in total. The van der Waals surface area contributed by atoms with E-state index in [-0.39, 0.29) is 0 Å². The first-order valence-corrected chi connectivity index (χ1v) is 10.0. The van der Waals surface area contributed by atoms with Crippen LogP contribution in [-0.2, 0) is 15.7 Å². The highest BCUT2D eigenvalue weighted by Gasteiger charge is 2.25. The van der Waals surface area contributed by atoms with E-state index >= 15 is 0 Å². The molecule has 1 aromatic carbocycles. The molecule has 0 saturated heterocycles. The third kappa shape index (κ3) is 5.85. The molecule has 2 aromatic rings. The van der Waals surface area contributed by atoms with Gasteiger partial charge in [0.2, 0.25) is 10.9 Å². The van der Waals surface area contributed by atoms with Gasteiger partial charge in [-0.2, -0.15) is 0 Å². The van der Waals surface area contributed by atoms with Crippen LogP contribution in [0.2, 0.25) is 0 Å². The largest absolute Gasteiger partial charge is 0.386 e. The molecular weight excluding hydrogens is 436 g/mol. The molecule has 1 heterocycles. The fourth-order valence-corrected chi connectivity index (χ4v) is 2.90. The number of rotatable bonds is 9. The lowest BCUT2D eigenvalue weighted by Gasteiger charge is -2.22. The summed E-state index contributed by atoms with van der Waals surface area (Å²) in [5.74, 6) is -0.806. The van der Waals surface area contributed by atoms with Gasteiger partial charge in [0.05, 0.1) is 24.0 Å². The van der Waals surface area contributed by atoms with Crippen LogP contribution in [0.5, 0.6) is 0 Å². The highest BCUT2D eigenvalue weighted by Crippen LogP contribution is 2.20. The Morgan fingerprint density at radius 1 is 1.32 bits per heavy atom. The third-order valence-corrected chi connectivity index (χ3v) is 4.82. The molecule has 154 valence electrons. The number of hydrogen-bond acceptors (Lipinski definition) is 6. The van der Waals surface area contributed by atoms with E-state index in [1.807, 2.05) is 0 Å². The summed E-state index contributed by atoms with van der Waals surface area (Å²) < 4.78 is 38.4. The highest BCUT2D eigenvalue weighted by molar-refractivity contribution is 7.70. The van der Waals surface area contributed by atoms with Gasteiger partial charge in [-0.1, -0.05) is 40.5 Å². The molecule has 28 heavy (non-hydrogen) atoms. The van der Waals surface area contributed by atoms with Gasteiger partial charge in [-0.05, 0) is 24.6 Å². The second-order valence-electron chi connectivity index (χ2n) is 5.80. The van der Waals surface area contributed by atoms with E-state index in [0.29, 0.717) is 16.9 Å². The predicted octanol–water partition coefficient (Wildman–Crippen LogP) is 0.736. The van der Waals surface area contributed by atoms with E-state index in [4.69, 9.17) is 23.2 Å². The number of nitrogens with one attached hydrogen (secondary N) is 2. The van der Waals surface area contributed by atoms with Gasteiger partial charge >= 0.3 is 0 Å². The standard InChI is InChI=1S/C15H18Cl2FN5O4S/c1-8(21-28(26)27)12-7-23(22-20-12)10-4-2-9(3-5-10)13(24)11(6-18)19-15(25)14(16)17/h2-5,7-8,11,13-14,24,28H,6H2,1H3,(H,19,25)(H,21,26,27)/t8?,11-,13+/m1/s1. The zero-order valence-corrected chi connectivity index (χ0v) is 16.9. The number of aliphatic hydroxyl groups is 1. The van der Waals surface area contributed by atoms with Crippen LogP contribution < -0.4 is 10.0 Å². The summed E-state index contributed by atoms with van der Waals surface area (Å²) in [6.07, 6.45) is 0.229. The molecule has 0 fully saturated rings. The number of aliphatic hydroxyl groups excluding tert-OH is 1. The van der Waals surface area contributed by atoms with Crippen molar-refractivity contribution in [2.24, 2.45) is 0 Å². The van der Waals surface area contributed by atoms with Gasteiger partial charge in [-0.15, -0.1) is 5.10 Å². The number of aromatic nitrogens is 3. The SMILES string of the molecule is CC(N[SH](=O)=O)c1cn(-c2ccc([C@H](O)[C@@H](CF)NC(=O)C(Cl)Cl)cc2)nn1. The van der Waals surface area contributed by atoms with Gasteiger partial charge < -0.3 is 10.4 Å². The number of amides is 1. The van der Waals surface area contributed by atoms with E-state index in [0.717, 1.165) is 0 Å². The van der Waals surface area contributed by atoms with Gasteiger partial charge in [-0.3, -0.25) is 4.79 Å². The van der Waals surface area contributed by atoms with Crippen LogP contribution in [0.3, 0.4) is 0 Å². The van der Waals surface area contributed by atoms with Crippen molar-refractivity contribution in [3.8, 4) is 5.69 Å². The molecule has 2 rings (SSSR count). The normalized spacial score (nSPS) is 14.8. The van der Waals surface area contributed by atoms with E-state index in [1.54, 1.807) is 25.3 Å². The number of halogens is 3. The minimum Gasteiger partial charge on any atom is -0.386 e. The molecule has 0 saturated carbocycles. The van der Waals surface area contributed by atoms with Crippen LogP contribution in [0.4, 0.5) is 4.39 Å². The van der Waals surface area contributed by atoms with Crippen molar-refractivity contribution >= 4 is 40.0 Å². The number of nitrogens with zero attached hydrogens (tertiary/aromatic N) is 3. The summed E-state index contributed by atoms with van der Waals surface area (Å²) in [6, 6.07) is 4.52. The van der Waals surface area contributed by atoms with Crippen molar-refractivity contribution in [3.05, 3.63) is 41.7 Å². The molecule has 9 nitrogen and oxygen atoms in total. The van der Waals surface area contributed by atoms with Crippen molar-refractivity contribution in [3.63, 3.8) is 0 Å². The molecule has 3 atom stereocenters.